The molecule has 2 nitrogen and oxygen atoms in total. The summed E-state index contributed by atoms with van der Waals surface area (Å²) in [5.74, 6) is -0.491. The van der Waals surface area contributed by atoms with Crippen LogP contribution >= 0.6 is 0 Å². The summed E-state index contributed by atoms with van der Waals surface area (Å²) in [6.45, 7) is 3.35. The molecule has 1 aromatic rings. The molecular formula is C7H5F3NO. The Bertz CT molecular complexity index is 272. The minimum Gasteiger partial charge on any atom is -0.388 e. The van der Waals surface area contributed by atoms with Crippen molar-refractivity contribution in [3.05, 3.63) is 30.8 Å². The summed E-state index contributed by atoms with van der Waals surface area (Å²) in [5.41, 5.74) is 0.233. The molecule has 1 heterocycles. The smallest absolute Gasteiger partial charge is 0.388 e. The van der Waals surface area contributed by atoms with Crippen molar-refractivity contribution in [2.24, 2.45) is 0 Å². The lowest BCUT2D eigenvalue weighted by molar-refractivity contribution is -0.276. The lowest BCUT2D eigenvalue weighted by Crippen LogP contribution is -2.17. The van der Waals surface area contributed by atoms with Crippen molar-refractivity contribution in [1.29, 1.82) is 0 Å². The van der Waals surface area contributed by atoms with Crippen molar-refractivity contribution >= 4 is 0 Å². The topological polar surface area (TPSA) is 22.1 Å². The normalized spacial score (nSPS) is 11.3. The molecule has 0 aliphatic heterocycles. The monoisotopic (exact) mass is 176 g/mol. The SMILES string of the molecule is [CH2]c1cccc(OC(F)(F)F)n1. The van der Waals surface area contributed by atoms with Gasteiger partial charge in [-0.05, 0) is 13.0 Å². The Kier molecular flexibility index (Phi) is 2.21. The molecule has 0 aliphatic rings. The molecule has 0 atom stereocenters. The summed E-state index contributed by atoms with van der Waals surface area (Å²) in [7, 11) is 0. The van der Waals surface area contributed by atoms with Gasteiger partial charge in [-0.25, -0.2) is 4.98 Å². The average Bonchev–Trinajstić information content (AvgIpc) is 1.82. The second kappa shape index (κ2) is 3.00. The maximum Gasteiger partial charge on any atom is 0.574 e. The summed E-state index contributed by atoms with van der Waals surface area (Å²) in [5, 5.41) is 0. The molecule has 1 radical (unpaired) electrons. The van der Waals surface area contributed by atoms with E-state index >= 15 is 0 Å². The van der Waals surface area contributed by atoms with Crippen molar-refractivity contribution in [2.45, 2.75) is 6.36 Å². The molecule has 0 saturated carbocycles. The Labute approximate surface area is 67.0 Å². The van der Waals surface area contributed by atoms with E-state index in [1.807, 2.05) is 0 Å². The number of nitrogens with zero attached hydrogens (tertiary/aromatic N) is 1. The zero-order valence-electron chi connectivity index (χ0n) is 5.93. The van der Waals surface area contributed by atoms with Crippen molar-refractivity contribution < 1.29 is 17.9 Å². The lowest BCUT2D eigenvalue weighted by atomic mass is 10.4. The number of ether oxygens (including phenoxy) is 1. The van der Waals surface area contributed by atoms with Gasteiger partial charge in [-0.2, -0.15) is 0 Å². The molecule has 0 fully saturated rings. The Hall–Kier alpha value is -1.26. The van der Waals surface area contributed by atoms with E-state index in [0.29, 0.717) is 0 Å². The average molecular weight is 176 g/mol. The second-order valence-electron chi connectivity index (χ2n) is 2.01. The molecule has 0 amide bonds. The van der Waals surface area contributed by atoms with E-state index in [2.05, 4.69) is 16.6 Å². The van der Waals surface area contributed by atoms with Gasteiger partial charge in [0.05, 0.1) is 0 Å². The van der Waals surface area contributed by atoms with Crippen molar-refractivity contribution in [1.82, 2.24) is 4.98 Å². The third-order valence-electron chi connectivity index (χ3n) is 1.00. The van der Waals surface area contributed by atoms with Gasteiger partial charge in [-0.3, -0.25) is 0 Å². The molecule has 0 unspecified atom stereocenters. The van der Waals surface area contributed by atoms with Crippen LogP contribution in [0, 0.1) is 6.92 Å². The molecule has 65 valence electrons. The Morgan fingerprint density at radius 1 is 1.33 bits per heavy atom. The van der Waals surface area contributed by atoms with Crippen LogP contribution in [-0.4, -0.2) is 11.3 Å². The number of hydrogen-bond acceptors (Lipinski definition) is 2. The highest BCUT2D eigenvalue weighted by molar-refractivity contribution is 5.17. The summed E-state index contributed by atoms with van der Waals surface area (Å²) in [6, 6.07) is 3.97. The van der Waals surface area contributed by atoms with Gasteiger partial charge >= 0.3 is 6.36 Å². The first-order valence-corrected chi connectivity index (χ1v) is 3.02. The van der Waals surface area contributed by atoms with Crippen molar-refractivity contribution in [2.75, 3.05) is 0 Å². The van der Waals surface area contributed by atoms with Crippen LogP contribution in [0.2, 0.25) is 0 Å². The molecular weight excluding hydrogens is 171 g/mol. The van der Waals surface area contributed by atoms with Gasteiger partial charge in [0.15, 0.2) is 0 Å². The number of alkyl halides is 3. The first kappa shape index (κ1) is 8.83. The third-order valence-corrected chi connectivity index (χ3v) is 1.00. The van der Waals surface area contributed by atoms with E-state index in [4.69, 9.17) is 0 Å². The van der Waals surface area contributed by atoms with Crippen LogP contribution in [0.15, 0.2) is 18.2 Å². The molecule has 0 spiro atoms. The molecule has 1 aromatic heterocycles. The first-order valence-electron chi connectivity index (χ1n) is 3.02. The molecule has 1 rings (SSSR count). The van der Waals surface area contributed by atoms with Gasteiger partial charge in [-0.15, -0.1) is 13.2 Å². The van der Waals surface area contributed by atoms with Crippen LogP contribution in [0.5, 0.6) is 5.88 Å². The van der Waals surface area contributed by atoms with E-state index in [0.717, 1.165) is 6.07 Å². The molecule has 0 bridgehead atoms. The highest BCUT2D eigenvalue weighted by Crippen LogP contribution is 2.20. The zero-order chi connectivity index (χ0) is 9.19. The van der Waals surface area contributed by atoms with Gasteiger partial charge in [-0.1, -0.05) is 6.07 Å². The Morgan fingerprint density at radius 2 is 2.00 bits per heavy atom. The predicted octanol–water partition coefficient (Wildman–Crippen LogP) is 2.16. The van der Waals surface area contributed by atoms with Crippen LogP contribution in [0.3, 0.4) is 0 Å². The fourth-order valence-corrected chi connectivity index (χ4v) is 0.633. The minimum absolute atomic E-state index is 0.233. The standard InChI is InChI=1S/C7H5F3NO/c1-5-3-2-4-6(11-5)12-7(8,9)10/h2-4H,1H2. The summed E-state index contributed by atoms with van der Waals surface area (Å²) >= 11 is 0. The second-order valence-corrected chi connectivity index (χ2v) is 2.01. The molecule has 0 N–H and O–H groups in total. The van der Waals surface area contributed by atoms with Crippen LogP contribution < -0.4 is 4.74 Å². The first-order chi connectivity index (χ1) is 5.47. The van der Waals surface area contributed by atoms with Crippen LogP contribution in [0.4, 0.5) is 13.2 Å². The van der Waals surface area contributed by atoms with E-state index < -0.39 is 12.2 Å². The van der Waals surface area contributed by atoms with E-state index in [1.54, 1.807) is 0 Å². The van der Waals surface area contributed by atoms with E-state index in [9.17, 15) is 13.2 Å². The Morgan fingerprint density at radius 3 is 2.50 bits per heavy atom. The quantitative estimate of drug-likeness (QED) is 0.654. The largest absolute Gasteiger partial charge is 0.574 e. The fraction of sp³-hybridized carbons (Fsp3) is 0.143. The van der Waals surface area contributed by atoms with Crippen LogP contribution in [0.1, 0.15) is 5.69 Å². The number of aromatic nitrogens is 1. The summed E-state index contributed by atoms with van der Waals surface area (Å²) in [6.07, 6.45) is -4.69. The molecule has 0 aliphatic carbocycles. The van der Waals surface area contributed by atoms with E-state index in [-0.39, 0.29) is 5.69 Å². The van der Waals surface area contributed by atoms with Crippen molar-refractivity contribution in [3.8, 4) is 5.88 Å². The fourth-order valence-electron chi connectivity index (χ4n) is 0.633. The van der Waals surface area contributed by atoms with Gasteiger partial charge in [0.2, 0.25) is 5.88 Å². The third kappa shape index (κ3) is 2.77. The molecule has 5 heteroatoms. The molecule has 0 saturated heterocycles. The van der Waals surface area contributed by atoms with Gasteiger partial charge in [0, 0.05) is 11.8 Å². The van der Waals surface area contributed by atoms with Gasteiger partial charge in [0.1, 0.15) is 0 Å². The zero-order valence-corrected chi connectivity index (χ0v) is 5.93. The maximum atomic E-state index is 11.6. The van der Waals surface area contributed by atoms with E-state index in [1.165, 1.54) is 12.1 Å². The predicted molar refractivity (Wildman–Crippen MR) is 35.4 cm³/mol. The summed E-state index contributed by atoms with van der Waals surface area (Å²) in [4.78, 5) is 3.41. The lowest BCUT2D eigenvalue weighted by Gasteiger charge is -2.07. The summed E-state index contributed by atoms with van der Waals surface area (Å²) < 4.78 is 38.3. The molecule has 12 heavy (non-hydrogen) atoms. The maximum absolute atomic E-state index is 11.6. The number of hydrogen-bond donors (Lipinski definition) is 0. The number of halogens is 3. The van der Waals surface area contributed by atoms with Gasteiger partial charge in [0.25, 0.3) is 0 Å². The molecule has 0 aromatic carbocycles. The van der Waals surface area contributed by atoms with Crippen LogP contribution in [0.25, 0.3) is 0 Å². The van der Waals surface area contributed by atoms with Gasteiger partial charge < -0.3 is 4.74 Å². The highest BCUT2D eigenvalue weighted by atomic mass is 19.4. The van der Waals surface area contributed by atoms with Crippen molar-refractivity contribution in [3.63, 3.8) is 0 Å². The number of rotatable bonds is 1. The highest BCUT2D eigenvalue weighted by Gasteiger charge is 2.31. The Balaban J connectivity index is 2.77. The van der Waals surface area contributed by atoms with Crippen LogP contribution in [-0.2, 0) is 0 Å². The minimum atomic E-state index is -4.69. The number of pyridine rings is 1.